The molecule has 102 valence electrons. The molecule has 4 nitrogen and oxygen atoms in total. The van der Waals surface area contributed by atoms with Gasteiger partial charge in [-0.25, -0.2) is 0 Å². The Kier molecular flexibility index (Phi) is 5.09. The van der Waals surface area contributed by atoms with E-state index < -0.39 is 18.4 Å². The van der Waals surface area contributed by atoms with E-state index in [1.54, 1.807) is 0 Å². The van der Waals surface area contributed by atoms with Gasteiger partial charge in [-0.15, -0.1) is 0 Å². The third-order valence-corrected chi connectivity index (χ3v) is 3.66. The fourth-order valence-corrected chi connectivity index (χ4v) is 2.23. The molecule has 0 heterocycles. The van der Waals surface area contributed by atoms with E-state index in [1.165, 1.54) is 0 Å². The Balaban J connectivity index is 2.62. The van der Waals surface area contributed by atoms with Gasteiger partial charge in [-0.1, -0.05) is 24.3 Å². The van der Waals surface area contributed by atoms with Gasteiger partial charge in [0.05, 0.1) is 19.5 Å². The lowest BCUT2D eigenvalue weighted by molar-refractivity contribution is 0.297. The SMILES string of the molecule is C[Si](C)(C)OCc1cccc(COS(C)(=O)=O)c1. The van der Waals surface area contributed by atoms with Crippen molar-refractivity contribution >= 4 is 18.4 Å². The van der Waals surface area contributed by atoms with Crippen molar-refractivity contribution in [1.82, 2.24) is 0 Å². The van der Waals surface area contributed by atoms with E-state index in [1.807, 2.05) is 24.3 Å². The normalized spacial score (nSPS) is 12.7. The summed E-state index contributed by atoms with van der Waals surface area (Å²) in [5, 5.41) is 0. The molecule has 6 heteroatoms. The molecular formula is C12H20O4SSi. The third-order valence-electron chi connectivity index (χ3n) is 2.10. The van der Waals surface area contributed by atoms with E-state index in [-0.39, 0.29) is 6.61 Å². The average Bonchev–Trinajstić information content (AvgIpc) is 2.22. The van der Waals surface area contributed by atoms with Crippen molar-refractivity contribution in [2.75, 3.05) is 6.26 Å². The molecule has 1 aromatic rings. The van der Waals surface area contributed by atoms with Crippen LogP contribution >= 0.6 is 0 Å². The first-order valence-electron chi connectivity index (χ1n) is 5.72. The molecule has 0 spiro atoms. The quantitative estimate of drug-likeness (QED) is 0.596. The number of hydrogen-bond donors (Lipinski definition) is 0. The minimum atomic E-state index is -3.40. The highest BCUT2D eigenvalue weighted by Gasteiger charge is 2.14. The van der Waals surface area contributed by atoms with Gasteiger partial charge >= 0.3 is 0 Å². The predicted molar refractivity (Wildman–Crippen MR) is 74.2 cm³/mol. The van der Waals surface area contributed by atoms with Gasteiger partial charge in [-0.05, 0) is 30.8 Å². The summed E-state index contributed by atoms with van der Waals surface area (Å²) < 4.78 is 32.4. The van der Waals surface area contributed by atoms with Crippen LogP contribution < -0.4 is 0 Å². The highest BCUT2D eigenvalue weighted by atomic mass is 32.2. The van der Waals surface area contributed by atoms with Crippen LogP contribution in [-0.2, 0) is 31.9 Å². The molecule has 1 aromatic carbocycles. The molecule has 0 fully saturated rings. The molecule has 0 atom stereocenters. The maximum absolute atomic E-state index is 10.9. The smallest absolute Gasteiger partial charge is 0.264 e. The third kappa shape index (κ3) is 6.90. The van der Waals surface area contributed by atoms with Gasteiger partial charge in [0.15, 0.2) is 8.32 Å². The molecule has 1 rings (SSSR count). The molecule has 0 unspecified atom stereocenters. The van der Waals surface area contributed by atoms with E-state index in [9.17, 15) is 8.42 Å². The molecule has 18 heavy (non-hydrogen) atoms. The molecule has 0 aliphatic heterocycles. The molecule has 0 saturated heterocycles. The zero-order valence-electron chi connectivity index (χ0n) is 11.3. The zero-order valence-corrected chi connectivity index (χ0v) is 13.1. The Morgan fingerprint density at radius 1 is 1.11 bits per heavy atom. The Hall–Kier alpha value is -0.693. The van der Waals surface area contributed by atoms with Gasteiger partial charge in [-0.3, -0.25) is 4.18 Å². The van der Waals surface area contributed by atoms with Crippen LogP contribution in [0.3, 0.4) is 0 Å². The van der Waals surface area contributed by atoms with Crippen molar-refractivity contribution in [2.45, 2.75) is 32.9 Å². The van der Waals surface area contributed by atoms with Gasteiger partial charge in [-0.2, -0.15) is 8.42 Å². The van der Waals surface area contributed by atoms with Crippen LogP contribution in [0.4, 0.5) is 0 Å². The highest BCUT2D eigenvalue weighted by molar-refractivity contribution is 7.85. The first-order chi connectivity index (χ1) is 8.16. The van der Waals surface area contributed by atoms with Gasteiger partial charge in [0, 0.05) is 0 Å². The minimum absolute atomic E-state index is 0.0691. The summed E-state index contributed by atoms with van der Waals surface area (Å²) in [6, 6.07) is 7.59. The highest BCUT2D eigenvalue weighted by Crippen LogP contribution is 2.12. The molecule has 0 amide bonds. The van der Waals surface area contributed by atoms with Crippen molar-refractivity contribution in [1.29, 1.82) is 0 Å². The molecule has 0 bridgehead atoms. The Labute approximate surface area is 110 Å². The van der Waals surface area contributed by atoms with Crippen molar-refractivity contribution in [2.24, 2.45) is 0 Å². The van der Waals surface area contributed by atoms with E-state index in [0.717, 1.165) is 17.4 Å². The predicted octanol–water partition coefficient (Wildman–Crippen LogP) is 2.51. The maximum Gasteiger partial charge on any atom is 0.264 e. The number of hydrogen-bond acceptors (Lipinski definition) is 4. The number of benzene rings is 1. The van der Waals surface area contributed by atoms with Gasteiger partial charge in [0.1, 0.15) is 0 Å². The fraction of sp³-hybridized carbons (Fsp3) is 0.500. The molecule has 0 aliphatic carbocycles. The van der Waals surface area contributed by atoms with Gasteiger partial charge in [0.25, 0.3) is 10.1 Å². The zero-order chi connectivity index (χ0) is 13.8. The summed E-state index contributed by atoms with van der Waals surface area (Å²) in [7, 11) is -4.93. The van der Waals surface area contributed by atoms with Crippen molar-refractivity contribution in [3.05, 3.63) is 35.4 Å². The lowest BCUT2D eigenvalue weighted by Gasteiger charge is -2.17. The van der Waals surface area contributed by atoms with Crippen molar-refractivity contribution in [3.63, 3.8) is 0 Å². The Bertz CT molecular complexity index is 491. The van der Waals surface area contributed by atoms with E-state index >= 15 is 0 Å². The van der Waals surface area contributed by atoms with Crippen molar-refractivity contribution < 1.29 is 17.0 Å². The molecule has 0 N–H and O–H groups in total. The molecule has 0 radical (unpaired) electrons. The molecule has 0 aliphatic rings. The van der Waals surface area contributed by atoms with Gasteiger partial charge in [0.2, 0.25) is 0 Å². The van der Waals surface area contributed by atoms with Crippen LogP contribution in [0.1, 0.15) is 11.1 Å². The standard InChI is InChI=1S/C12H20O4SSi/c1-17(13,14)15-9-11-6-5-7-12(8-11)10-16-18(2,3)4/h5-8H,9-10H2,1-4H3. The Morgan fingerprint density at radius 3 is 2.17 bits per heavy atom. The van der Waals surface area contributed by atoms with E-state index in [2.05, 4.69) is 19.6 Å². The Morgan fingerprint density at radius 2 is 1.67 bits per heavy atom. The molecule has 0 aromatic heterocycles. The van der Waals surface area contributed by atoms with Crippen LogP contribution in [-0.4, -0.2) is 23.0 Å². The first-order valence-corrected chi connectivity index (χ1v) is 10.9. The maximum atomic E-state index is 10.9. The molecule has 0 saturated carbocycles. The van der Waals surface area contributed by atoms with Crippen LogP contribution in [0, 0.1) is 0 Å². The lowest BCUT2D eigenvalue weighted by atomic mass is 10.1. The summed E-state index contributed by atoms with van der Waals surface area (Å²) in [5.74, 6) is 0. The largest absolute Gasteiger partial charge is 0.413 e. The number of rotatable bonds is 6. The second kappa shape index (κ2) is 5.97. The van der Waals surface area contributed by atoms with Crippen LogP contribution in [0.15, 0.2) is 24.3 Å². The monoisotopic (exact) mass is 288 g/mol. The van der Waals surface area contributed by atoms with Crippen molar-refractivity contribution in [3.8, 4) is 0 Å². The summed E-state index contributed by atoms with van der Waals surface area (Å²) >= 11 is 0. The van der Waals surface area contributed by atoms with E-state index in [4.69, 9.17) is 8.61 Å². The minimum Gasteiger partial charge on any atom is -0.413 e. The first kappa shape index (κ1) is 15.4. The summed E-state index contributed by atoms with van der Waals surface area (Å²) in [4.78, 5) is 0. The van der Waals surface area contributed by atoms with Crippen LogP contribution in [0.5, 0.6) is 0 Å². The second-order valence-corrected chi connectivity index (χ2v) is 11.3. The van der Waals surface area contributed by atoms with Crippen LogP contribution in [0.25, 0.3) is 0 Å². The van der Waals surface area contributed by atoms with E-state index in [0.29, 0.717) is 6.61 Å². The topological polar surface area (TPSA) is 52.6 Å². The fourth-order valence-electron chi connectivity index (χ4n) is 1.28. The second-order valence-electron chi connectivity index (χ2n) is 5.19. The van der Waals surface area contributed by atoms with Gasteiger partial charge < -0.3 is 4.43 Å². The van der Waals surface area contributed by atoms with Crippen LogP contribution in [0.2, 0.25) is 19.6 Å². The average molecular weight is 288 g/mol. The lowest BCUT2D eigenvalue weighted by Crippen LogP contribution is -2.24. The molecular weight excluding hydrogens is 268 g/mol. The summed E-state index contributed by atoms with van der Waals surface area (Å²) in [6.07, 6.45) is 1.05. The summed E-state index contributed by atoms with van der Waals surface area (Å²) in [5.41, 5.74) is 1.86. The summed E-state index contributed by atoms with van der Waals surface area (Å²) in [6.45, 7) is 7.01.